The van der Waals surface area contributed by atoms with Crippen molar-refractivity contribution < 1.29 is 8.78 Å². The van der Waals surface area contributed by atoms with Gasteiger partial charge in [0.1, 0.15) is 0 Å². The maximum atomic E-state index is 11.7. The number of nitrogens with two attached hydrogens (primary N) is 1. The highest BCUT2D eigenvalue weighted by Crippen LogP contribution is 2.09. The van der Waals surface area contributed by atoms with E-state index in [1.165, 1.54) is 0 Å². The van der Waals surface area contributed by atoms with Crippen LogP contribution in [0.3, 0.4) is 0 Å². The number of hydrogen-bond acceptors (Lipinski definition) is 2. The smallest absolute Gasteiger partial charge is 0.239 e. The Morgan fingerprint density at radius 1 is 1.55 bits per heavy atom. The predicted octanol–water partition coefficient (Wildman–Crippen LogP) is 0.675. The van der Waals surface area contributed by atoms with Gasteiger partial charge in [-0.2, -0.15) is 0 Å². The molecule has 0 bridgehead atoms. The highest BCUT2D eigenvalue weighted by Gasteiger charge is 2.19. The fraction of sp³-hybridized carbons (Fsp3) is 1.00. The van der Waals surface area contributed by atoms with Gasteiger partial charge >= 0.3 is 0 Å². The quantitative estimate of drug-likeness (QED) is 0.664. The predicted molar refractivity (Wildman–Crippen MR) is 39.7 cm³/mol. The third-order valence-corrected chi connectivity index (χ3v) is 1.97. The van der Waals surface area contributed by atoms with Crippen LogP contribution >= 0.6 is 0 Å². The van der Waals surface area contributed by atoms with Crippen molar-refractivity contribution in [2.24, 2.45) is 5.73 Å². The molecule has 0 aromatic heterocycles. The van der Waals surface area contributed by atoms with Crippen LogP contribution in [0.1, 0.15) is 12.8 Å². The standard InChI is InChI=1S/C7H14F2N2/c8-7(9)2-4-11-3-1-6(10)5-11/h6-7H,1-5,10H2. The Bertz CT molecular complexity index is 119. The molecule has 1 unspecified atom stereocenters. The van der Waals surface area contributed by atoms with E-state index in [1.54, 1.807) is 0 Å². The van der Waals surface area contributed by atoms with Gasteiger partial charge in [-0.3, -0.25) is 0 Å². The Labute approximate surface area is 65.4 Å². The minimum atomic E-state index is -2.17. The van der Waals surface area contributed by atoms with Crippen LogP contribution in [0.25, 0.3) is 0 Å². The summed E-state index contributed by atoms with van der Waals surface area (Å²) in [5.41, 5.74) is 5.60. The van der Waals surface area contributed by atoms with Crippen molar-refractivity contribution in [3.8, 4) is 0 Å². The van der Waals surface area contributed by atoms with Crippen molar-refractivity contribution in [2.75, 3.05) is 19.6 Å². The van der Waals surface area contributed by atoms with Crippen LogP contribution in [0.15, 0.2) is 0 Å². The van der Waals surface area contributed by atoms with Crippen LogP contribution in [-0.2, 0) is 0 Å². The number of likely N-dealkylation sites (tertiary alicyclic amines) is 1. The molecule has 0 aromatic carbocycles. The van der Waals surface area contributed by atoms with Gasteiger partial charge in [-0.05, 0) is 13.0 Å². The zero-order chi connectivity index (χ0) is 8.27. The van der Waals surface area contributed by atoms with Crippen molar-refractivity contribution in [3.05, 3.63) is 0 Å². The summed E-state index contributed by atoms with van der Waals surface area (Å²) in [6, 6.07) is 0.202. The van der Waals surface area contributed by atoms with Gasteiger partial charge in [-0.1, -0.05) is 0 Å². The van der Waals surface area contributed by atoms with E-state index in [1.807, 2.05) is 4.90 Å². The Balaban J connectivity index is 2.08. The second-order valence-electron chi connectivity index (χ2n) is 3.03. The monoisotopic (exact) mass is 164 g/mol. The molecule has 0 aromatic rings. The summed E-state index contributed by atoms with van der Waals surface area (Å²) < 4.78 is 23.5. The van der Waals surface area contributed by atoms with Gasteiger partial charge in [0, 0.05) is 25.6 Å². The van der Waals surface area contributed by atoms with E-state index >= 15 is 0 Å². The Morgan fingerprint density at radius 3 is 2.73 bits per heavy atom. The van der Waals surface area contributed by atoms with Gasteiger partial charge in [0.15, 0.2) is 0 Å². The van der Waals surface area contributed by atoms with Crippen molar-refractivity contribution >= 4 is 0 Å². The lowest BCUT2D eigenvalue weighted by atomic mass is 10.3. The van der Waals surface area contributed by atoms with Gasteiger partial charge in [0.2, 0.25) is 6.43 Å². The van der Waals surface area contributed by atoms with Crippen molar-refractivity contribution in [1.82, 2.24) is 4.90 Å². The van der Waals surface area contributed by atoms with E-state index in [9.17, 15) is 8.78 Å². The molecule has 1 aliphatic rings. The first kappa shape index (κ1) is 8.87. The van der Waals surface area contributed by atoms with Gasteiger partial charge in [0.25, 0.3) is 0 Å². The molecule has 1 aliphatic heterocycles. The molecule has 0 amide bonds. The molecule has 0 aliphatic carbocycles. The summed E-state index contributed by atoms with van der Waals surface area (Å²) in [6.45, 7) is 2.16. The molecule has 2 N–H and O–H groups in total. The summed E-state index contributed by atoms with van der Waals surface area (Å²) in [6.07, 6.45) is -1.25. The van der Waals surface area contributed by atoms with Crippen molar-refractivity contribution in [3.63, 3.8) is 0 Å². The molecule has 1 fully saturated rings. The highest BCUT2D eigenvalue weighted by atomic mass is 19.3. The van der Waals surface area contributed by atoms with Crippen molar-refractivity contribution in [2.45, 2.75) is 25.3 Å². The minimum Gasteiger partial charge on any atom is -0.326 e. The molecule has 1 rings (SSSR count). The molecule has 2 nitrogen and oxygen atoms in total. The second kappa shape index (κ2) is 3.97. The van der Waals surface area contributed by atoms with Gasteiger partial charge in [-0.15, -0.1) is 0 Å². The molecule has 0 saturated carbocycles. The molecule has 1 heterocycles. The van der Waals surface area contributed by atoms with E-state index in [4.69, 9.17) is 5.73 Å². The largest absolute Gasteiger partial charge is 0.326 e. The summed E-state index contributed by atoms with van der Waals surface area (Å²) >= 11 is 0. The lowest BCUT2D eigenvalue weighted by molar-refractivity contribution is 0.121. The maximum absolute atomic E-state index is 11.7. The Kier molecular flexibility index (Phi) is 3.20. The van der Waals surface area contributed by atoms with E-state index in [2.05, 4.69) is 0 Å². The molecule has 11 heavy (non-hydrogen) atoms. The third-order valence-electron chi connectivity index (χ3n) is 1.97. The summed E-state index contributed by atoms with van der Waals surface area (Å²) in [7, 11) is 0. The Hall–Kier alpha value is -0.220. The van der Waals surface area contributed by atoms with Crippen LogP contribution < -0.4 is 5.73 Å². The number of alkyl halides is 2. The van der Waals surface area contributed by atoms with Gasteiger partial charge in [-0.25, -0.2) is 8.78 Å². The lowest BCUT2D eigenvalue weighted by Gasteiger charge is -2.13. The molecule has 4 heteroatoms. The number of hydrogen-bond donors (Lipinski definition) is 1. The fourth-order valence-corrected chi connectivity index (χ4v) is 1.35. The van der Waals surface area contributed by atoms with Crippen LogP contribution in [0.4, 0.5) is 8.78 Å². The molecule has 66 valence electrons. The maximum Gasteiger partial charge on any atom is 0.239 e. The van der Waals surface area contributed by atoms with Gasteiger partial charge < -0.3 is 10.6 Å². The zero-order valence-electron chi connectivity index (χ0n) is 6.47. The first-order chi connectivity index (χ1) is 5.18. The molecular formula is C7H14F2N2. The first-order valence-corrected chi connectivity index (χ1v) is 3.94. The number of halogens is 2. The van der Waals surface area contributed by atoms with Crippen molar-refractivity contribution in [1.29, 1.82) is 0 Å². The van der Waals surface area contributed by atoms with Crippen LogP contribution in [0.5, 0.6) is 0 Å². The third kappa shape index (κ3) is 3.12. The molecule has 1 atom stereocenters. The number of nitrogens with zero attached hydrogens (tertiary/aromatic N) is 1. The van der Waals surface area contributed by atoms with E-state index in [0.717, 1.165) is 19.5 Å². The summed E-state index contributed by atoms with van der Waals surface area (Å²) in [4.78, 5) is 2.00. The first-order valence-electron chi connectivity index (χ1n) is 3.94. The second-order valence-corrected chi connectivity index (χ2v) is 3.03. The molecule has 1 saturated heterocycles. The molecule has 0 radical (unpaired) electrons. The zero-order valence-corrected chi connectivity index (χ0v) is 6.47. The SMILES string of the molecule is NC1CCN(CCC(F)F)C1. The van der Waals surface area contributed by atoms with E-state index in [0.29, 0.717) is 6.54 Å². The molecule has 0 spiro atoms. The summed E-state index contributed by atoms with van der Waals surface area (Å²) in [5, 5.41) is 0. The van der Waals surface area contributed by atoms with Crippen LogP contribution in [-0.4, -0.2) is 37.0 Å². The van der Waals surface area contributed by atoms with Crippen LogP contribution in [0, 0.1) is 0 Å². The topological polar surface area (TPSA) is 29.3 Å². The minimum absolute atomic E-state index is 0.0211. The molecular weight excluding hydrogens is 150 g/mol. The highest BCUT2D eigenvalue weighted by molar-refractivity contribution is 4.77. The normalized spacial score (nSPS) is 26.7. The summed E-state index contributed by atoms with van der Waals surface area (Å²) in [5.74, 6) is 0. The van der Waals surface area contributed by atoms with E-state index in [-0.39, 0.29) is 12.5 Å². The fourth-order valence-electron chi connectivity index (χ4n) is 1.35. The van der Waals surface area contributed by atoms with E-state index < -0.39 is 6.43 Å². The number of rotatable bonds is 3. The lowest BCUT2D eigenvalue weighted by Crippen LogP contribution is -2.28. The van der Waals surface area contributed by atoms with Crippen LogP contribution in [0.2, 0.25) is 0 Å². The average molecular weight is 164 g/mol. The Morgan fingerprint density at radius 2 is 2.27 bits per heavy atom. The van der Waals surface area contributed by atoms with Gasteiger partial charge in [0.05, 0.1) is 0 Å². The average Bonchev–Trinajstić information content (AvgIpc) is 2.31.